The van der Waals surface area contributed by atoms with Gasteiger partial charge in [-0.1, -0.05) is 62.7 Å². The molecule has 0 fully saturated rings. The Morgan fingerprint density at radius 2 is 1.87 bits per heavy atom. The van der Waals surface area contributed by atoms with E-state index in [1.165, 1.54) is 21.8 Å². The smallest absolute Gasteiger partial charge is 0.341 e. The molecule has 39 heavy (non-hydrogen) atoms. The number of thiophene rings is 1. The van der Waals surface area contributed by atoms with E-state index < -0.39 is 0 Å². The van der Waals surface area contributed by atoms with Crippen molar-refractivity contribution in [3.63, 3.8) is 0 Å². The van der Waals surface area contributed by atoms with E-state index in [4.69, 9.17) is 9.72 Å². The average Bonchev–Trinajstić information content (AvgIpc) is 3.24. The van der Waals surface area contributed by atoms with Gasteiger partial charge in [-0.15, -0.1) is 11.3 Å². The number of hydrogen-bond donors (Lipinski definition) is 1. The van der Waals surface area contributed by atoms with Crippen LogP contribution in [0.2, 0.25) is 0 Å². The number of fused-ring (bicyclic) bond motifs is 2. The number of carbonyl (C=O) groups is 2. The van der Waals surface area contributed by atoms with Gasteiger partial charge in [-0.3, -0.25) is 4.79 Å². The number of aryl methyl sites for hydroxylation is 2. The van der Waals surface area contributed by atoms with Crippen LogP contribution >= 0.6 is 11.3 Å². The molecule has 0 aliphatic heterocycles. The Labute approximate surface area is 234 Å². The molecule has 2 aromatic heterocycles. The molecule has 4 aromatic rings. The quantitative estimate of drug-likeness (QED) is 0.259. The van der Waals surface area contributed by atoms with E-state index in [1.807, 2.05) is 37.3 Å². The van der Waals surface area contributed by atoms with Crippen molar-refractivity contribution in [1.82, 2.24) is 4.98 Å². The molecule has 0 spiro atoms. The van der Waals surface area contributed by atoms with E-state index in [0.29, 0.717) is 22.0 Å². The highest BCUT2D eigenvalue weighted by atomic mass is 32.1. The molecule has 202 valence electrons. The molecule has 1 unspecified atom stereocenters. The molecule has 2 aromatic carbocycles. The zero-order valence-electron chi connectivity index (χ0n) is 23.6. The average molecular weight is 541 g/mol. The highest BCUT2D eigenvalue weighted by Crippen LogP contribution is 2.44. The van der Waals surface area contributed by atoms with Crippen LogP contribution in [0.4, 0.5) is 5.00 Å². The summed E-state index contributed by atoms with van der Waals surface area (Å²) in [5.74, 6) is -0.0992. The highest BCUT2D eigenvalue weighted by molar-refractivity contribution is 7.17. The van der Waals surface area contributed by atoms with Crippen molar-refractivity contribution in [1.29, 1.82) is 0 Å². The number of amides is 1. The summed E-state index contributed by atoms with van der Waals surface area (Å²) in [6.45, 7) is 13.0. The fourth-order valence-corrected chi connectivity index (χ4v) is 6.92. The number of esters is 1. The molecule has 0 bridgehead atoms. The second-order valence-electron chi connectivity index (χ2n) is 11.6. The van der Waals surface area contributed by atoms with Crippen LogP contribution < -0.4 is 5.32 Å². The van der Waals surface area contributed by atoms with Gasteiger partial charge < -0.3 is 10.1 Å². The molecule has 0 radical (unpaired) electrons. The van der Waals surface area contributed by atoms with Gasteiger partial charge in [0.2, 0.25) is 0 Å². The number of ether oxygens (including phenoxy) is 1. The van der Waals surface area contributed by atoms with Gasteiger partial charge in [0.15, 0.2) is 0 Å². The van der Waals surface area contributed by atoms with Crippen LogP contribution in [0.5, 0.6) is 0 Å². The van der Waals surface area contributed by atoms with E-state index in [9.17, 15) is 9.59 Å². The highest BCUT2D eigenvalue weighted by Gasteiger charge is 2.34. The van der Waals surface area contributed by atoms with E-state index in [2.05, 4.69) is 58.1 Å². The van der Waals surface area contributed by atoms with Crippen molar-refractivity contribution in [3.05, 3.63) is 81.2 Å². The number of aromatic nitrogens is 1. The van der Waals surface area contributed by atoms with Gasteiger partial charge in [0.25, 0.3) is 5.91 Å². The molecule has 6 heteroatoms. The number of hydrogen-bond acceptors (Lipinski definition) is 5. The number of carbonyl (C=O) groups excluding carboxylic acids is 2. The molecule has 1 aliphatic rings. The predicted octanol–water partition coefficient (Wildman–Crippen LogP) is 8.16. The Bertz CT molecular complexity index is 1580. The Morgan fingerprint density at radius 1 is 1.10 bits per heavy atom. The molecule has 1 atom stereocenters. The maximum absolute atomic E-state index is 13.9. The Kier molecular flexibility index (Phi) is 7.34. The van der Waals surface area contributed by atoms with Crippen LogP contribution in [-0.4, -0.2) is 23.5 Å². The molecule has 2 heterocycles. The lowest BCUT2D eigenvalue weighted by Crippen LogP contribution is -2.26. The first kappa shape index (κ1) is 27.1. The number of rotatable bonds is 5. The summed E-state index contributed by atoms with van der Waals surface area (Å²) in [7, 11) is 0. The Balaban J connectivity index is 1.57. The van der Waals surface area contributed by atoms with E-state index in [1.54, 1.807) is 0 Å². The number of benzene rings is 2. The minimum Gasteiger partial charge on any atom is -0.462 e. The summed E-state index contributed by atoms with van der Waals surface area (Å²) < 4.78 is 5.45. The van der Waals surface area contributed by atoms with Gasteiger partial charge >= 0.3 is 5.97 Å². The first-order chi connectivity index (χ1) is 18.6. The van der Waals surface area contributed by atoms with Crippen LogP contribution in [0, 0.1) is 25.2 Å². The summed E-state index contributed by atoms with van der Waals surface area (Å²) in [5.41, 5.74) is 7.04. The van der Waals surface area contributed by atoms with Crippen LogP contribution in [0.25, 0.3) is 22.2 Å². The standard InChI is InChI=1S/C33H36N2O3S/c1-7-38-32(37)29-24-15-13-21(33(4,5)6)17-28(24)39-31(29)35-30(36)25-18-27(22-14-12-19(2)16-20(22)3)34-26-11-9-8-10-23(25)26/h8-12,14,16,18,21H,7,13,15,17H2,1-6H3,(H,35,36). The number of nitrogens with zero attached hydrogens (tertiary/aromatic N) is 1. The minimum atomic E-state index is -0.366. The molecule has 0 saturated heterocycles. The third-order valence-electron chi connectivity index (χ3n) is 7.82. The fraction of sp³-hybridized carbons (Fsp3) is 0.364. The molecule has 0 saturated carbocycles. The number of nitrogens with one attached hydrogen (secondary N) is 1. The Hall–Kier alpha value is -3.51. The van der Waals surface area contributed by atoms with E-state index in [-0.39, 0.29) is 23.9 Å². The van der Waals surface area contributed by atoms with Gasteiger partial charge in [-0.2, -0.15) is 0 Å². The van der Waals surface area contributed by atoms with E-state index >= 15 is 0 Å². The van der Waals surface area contributed by atoms with Crippen molar-refractivity contribution in [3.8, 4) is 11.3 Å². The van der Waals surface area contributed by atoms with Gasteiger partial charge in [-0.25, -0.2) is 9.78 Å². The number of anilines is 1. The van der Waals surface area contributed by atoms with Crippen molar-refractivity contribution in [2.75, 3.05) is 11.9 Å². The number of para-hydroxylation sites is 1. The van der Waals surface area contributed by atoms with Crippen molar-refractivity contribution >= 4 is 39.1 Å². The van der Waals surface area contributed by atoms with Crippen molar-refractivity contribution in [2.24, 2.45) is 11.3 Å². The van der Waals surface area contributed by atoms with Gasteiger partial charge in [0, 0.05) is 15.8 Å². The molecule has 1 aliphatic carbocycles. The lowest BCUT2D eigenvalue weighted by atomic mass is 9.72. The minimum absolute atomic E-state index is 0.176. The zero-order valence-corrected chi connectivity index (χ0v) is 24.4. The molecular formula is C33H36N2O3S. The zero-order chi connectivity index (χ0) is 27.9. The molecule has 5 nitrogen and oxygen atoms in total. The van der Waals surface area contributed by atoms with Crippen LogP contribution in [0.3, 0.4) is 0 Å². The topological polar surface area (TPSA) is 68.3 Å². The van der Waals surface area contributed by atoms with Crippen molar-refractivity contribution in [2.45, 2.75) is 60.8 Å². The second kappa shape index (κ2) is 10.6. The summed E-state index contributed by atoms with van der Waals surface area (Å²) in [6.07, 6.45) is 2.73. The maximum atomic E-state index is 13.9. The normalized spacial score (nSPS) is 15.2. The fourth-order valence-electron chi connectivity index (χ4n) is 5.61. The van der Waals surface area contributed by atoms with Crippen LogP contribution in [0.15, 0.2) is 48.5 Å². The Morgan fingerprint density at radius 3 is 2.59 bits per heavy atom. The van der Waals surface area contributed by atoms with Gasteiger partial charge in [-0.05, 0) is 74.6 Å². The third-order valence-corrected chi connectivity index (χ3v) is 8.99. The monoisotopic (exact) mass is 540 g/mol. The molecular weight excluding hydrogens is 504 g/mol. The molecule has 1 N–H and O–H groups in total. The molecule has 1 amide bonds. The summed E-state index contributed by atoms with van der Waals surface area (Å²) in [4.78, 5) is 33.1. The second-order valence-corrected chi connectivity index (χ2v) is 12.7. The third kappa shape index (κ3) is 5.35. The number of pyridine rings is 1. The lowest BCUT2D eigenvalue weighted by molar-refractivity contribution is 0.0526. The van der Waals surface area contributed by atoms with Gasteiger partial charge in [0.1, 0.15) is 5.00 Å². The van der Waals surface area contributed by atoms with Gasteiger partial charge in [0.05, 0.1) is 28.9 Å². The lowest BCUT2D eigenvalue weighted by Gasteiger charge is -2.33. The summed E-state index contributed by atoms with van der Waals surface area (Å²) in [6, 6.07) is 15.8. The summed E-state index contributed by atoms with van der Waals surface area (Å²) >= 11 is 1.52. The van der Waals surface area contributed by atoms with Crippen LogP contribution in [-0.2, 0) is 17.6 Å². The summed E-state index contributed by atoms with van der Waals surface area (Å²) in [5, 5.41) is 4.47. The first-order valence-electron chi connectivity index (χ1n) is 13.7. The van der Waals surface area contributed by atoms with Crippen LogP contribution in [0.1, 0.15) is 76.4 Å². The SMILES string of the molecule is CCOC(=O)c1c(NC(=O)c2cc(-c3ccc(C)cc3C)nc3ccccc23)sc2c1CCC(C(C)(C)C)C2. The largest absolute Gasteiger partial charge is 0.462 e. The maximum Gasteiger partial charge on any atom is 0.341 e. The predicted molar refractivity (Wildman–Crippen MR) is 160 cm³/mol. The first-order valence-corrected chi connectivity index (χ1v) is 14.5. The van der Waals surface area contributed by atoms with E-state index in [0.717, 1.165) is 52.5 Å². The molecule has 5 rings (SSSR count). The van der Waals surface area contributed by atoms with Crippen molar-refractivity contribution < 1.29 is 14.3 Å².